The van der Waals surface area contributed by atoms with Crippen molar-refractivity contribution in [2.75, 3.05) is 4.90 Å². The zero-order chi connectivity index (χ0) is 35.8. The SMILES string of the molecule is Fc1ccc(-n2c3ccccc3c3ccc(N(c4ccc5c(c4)C4(Cc6ccccc6C4)c4ccccc4-5)c4ccccc4-c4ccccc4)cc32)cc1. The van der Waals surface area contributed by atoms with E-state index in [-0.39, 0.29) is 11.2 Å². The highest BCUT2D eigenvalue weighted by atomic mass is 19.1. The number of halogens is 1. The Morgan fingerprint density at radius 3 is 1.89 bits per heavy atom. The van der Waals surface area contributed by atoms with Gasteiger partial charge in [0, 0.05) is 38.8 Å². The van der Waals surface area contributed by atoms with Crippen molar-refractivity contribution in [3.8, 4) is 27.9 Å². The molecule has 1 heterocycles. The van der Waals surface area contributed by atoms with Crippen LogP contribution in [0.25, 0.3) is 49.7 Å². The van der Waals surface area contributed by atoms with Gasteiger partial charge in [-0.3, -0.25) is 0 Å². The molecule has 2 aliphatic carbocycles. The van der Waals surface area contributed by atoms with Crippen LogP contribution in [0.1, 0.15) is 22.3 Å². The summed E-state index contributed by atoms with van der Waals surface area (Å²) in [6, 6.07) is 66.7. The molecule has 0 aliphatic heterocycles. The Labute approximate surface area is 314 Å². The molecule has 54 heavy (non-hydrogen) atoms. The Balaban J connectivity index is 1.17. The van der Waals surface area contributed by atoms with Crippen LogP contribution in [0.5, 0.6) is 0 Å². The zero-order valence-electron chi connectivity index (χ0n) is 29.6. The van der Waals surface area contributed by atoms with Crippen molar-refractivity contribution in [3.63, 3.8) is 0 Å². The van der Waals surface area contributed by atoms with E-state index in [0.717, 1.165) is 68.5 Å². The average molecular weight is 695 g/mol. The van der Waals surface area contributed by atoms with E-state index in [4.69, 9.17) is 0 Å². The number of para-hydroxylation sites is 2. The molecule has 0 saturated carbocycles. The van der Waals surface area contributed by atoms with Crippen molar-refractivity contribution >= 4 is 38.9 Å². The van der Waals surface area contributed by atoms with Crippen LogP contribution in [0.2, 0.25) is 0 Å². The lowest BCUT2D eigenvalue weighted by Crippen LogP contribution is -2.26. The molecule has 0 fully saturated rings. The van der Waals surface area contributed by atoms with Crippen molar-refractivity contribution in [2.24, 2.45) is 0 Å². The summed E-state index contributed by atoms with van der Waals surface area (Å²) in [7, 11) is 0. The molecular weight excluding hydrogens is 660 g/mol. The van der Waals surface area contributed by atoms with E-state index in [1.165, 1.54) is 33.4 Å². The minimum Gasteiger partial charge on any atom is -0.310 e. The lowest BCUT2D eigenvalue weighted by Gasteiger charge is -2.31. The van der Waals surface area contributed by atoms with Gasteiger partial charge in [0.15, 0.2) is 0 Å². The smallest absolute Gasteiger partial charge is 0.123 e. The Hall–Kier alpha value is -6.71. The molecule has 0 amide bonds. The molecule has 0 bridgehead atoms. The monoisotopic (exact) mass is 694 g/mol. The molecule has 0 atom stereocenters. The maximum absolute atomic E-state index is 14.2. The Kier molecular flexibility index (Phi) is 6.81. The first-order chi connectivity index (χ1) is 26.7. The van der Waals surface area contributed by atoms with Crippen LogP contribution in [0.4, 0.5) is 21.5 Å². The fourth-order valence-corrected chi connectivity index (χ4v) is 9.50. The van der Waals surface area contributed by atoms with Crippen LogP contribution in [-0.4, -0.2) is 4.57 Å². The maximum atomic E-state index is 14.2. The molecule has 2 nitrogen and oxygen atoms in total. The lowest BCUT2D eigenvalue weighted by atomic mass is 9.75. The summed E-state index contributed by atoms with van der Waals surface area (Å²) in [6.07, 6.45) is 1.97. The van der Waals surface area contributed by atoms with Crippen molar-refractivity contribution in [1.29, 1.82) is 0 Å². The summed E-state index contributed by atoms with van der Waals surface area (Å²) in [4.78, 5) is 2.44. The van der Waals surface area contributed by atoms with Gasteiger partial charge in [-0.05, 0) is 112 Å². The average Bonchev–Trinajstić information content (AvgIpc) is 3.87. The zero-order valence-corrected chi connectivity index (χ0v) is 29.6. The van der Waals surface area contributed by atoms with Gasteiger partial charge in [-0.15, -0.1) is 0 Å². The highest BCUT2D eigenvalue weighted by Crippen LogP contribution is 2.57. The number of anilines is 3. The van der Waals surface area contributed by atoms with E-state index in [0.29, 0.717) is 0 Å². The predicted octanol–water partition coefficient (Wildman–Crippen LogP) is 13.1. The number of aromatic nitrogens is 1. The maximum Gasteiger partial charge on any atom is 0.123 e. The van der Waals surface area contributed by atoms with Gasteiger partial charge in [0.25, 0.3) is 0 Å². The van der Waals surface area contributed by atoms with Crippen molar-refractivity contribution in [2.45, 2.75) is 18.3 Å². The topological polar surface area (TPSA) is 8.17 Å². The third-order valence-electron chi connectivity index (χ3n) is 11.8. The number of hydrogen-bond acceptors (Lipinski definition) is 1. The third-order valence-corrected chi connectivity index (χ3v) is 11.8. The molecule has 8 aromatic carbocycles. The fourth-order valence-electron chi connectivity index (χ4n) is 9.50. The Morgan fingerprint density at radius 2 is 1.07 bits per heavy atom. The molecule has 256 valence electrons. The summed E-state index contributed by atoms with van der Waals surface area (Å²) >= 11 is 0. The molecule has 2 aliphatic rings. The quantitative estimate of drug-likeness (QED) is 0.174. The van der Waals surface area contributed by atoms with Crippen LogP contribution >= 0.6 is 0 Å². The van der Waals surface area contributed by atoms with Crippen molar-refractivity contribution in [3.05, 3.63) is 216 Å². The first-order valence-corrected chi connectivity index (χ1v) is 18.7. The summed E-state index contributed by atoms with van der Waals surface area (Å²) in [5, 5.41) is 2.32. The molecule has 3 heteroatoms. The van der Waals surface area contributed by atoms with E-state index < -0.39 is 0 Å². The van der Waals surface area contributed by atoms with Crippen LogP contribution in [0.3, 0.4) is 0 Å². The van der Waals surface area contributed by atoms with Gasteiger partial charge >= 0.3 is 0 Å². The Morgan fingerprint density at radius 1 is 0.463 bits per heavy atom. The van der Waals surface area contributed by atoms with Crippen LogP contribution in [0, 0.1) is 5.82 Å². The molecule has 0 radical (unpaired) electrons. The second kappa shape index (κ2) is 11.9. The Bertz CT molecular complexity index is 2880. The van der Waals surface area contributed by atoms with E-state index in [2.05, 4.69) is 173 Å². The fraction of sp³-hybridized carbons (Fsp3) is 0.0588. The highest BCUT2D eigenvalue weighted by molar-refractivity contribution is 6.10. The number of hydrogen-bond donors (Lipinski definition) is 0. The van der Waals surface area contributed by atoms with E-state index in [1.807, 2.05) is 12.1 Å². The van der Waals surface area contributed by atoms with Crippen LogP contribution in [-0.2, 0) is 18.3 Å². The molecule has 9 aromatic rings. The summed E-state index contributed by atoms with van der Waals surface area (Å²) in [6.45, 7) is 0. The number of nitrogens with zero attached hydrogens (tertiary/aromatic N) is 2. The first-order valence-electron chi connectivity index (χ1n) is 18.7. The van der Waals surface area contributed by atoms with Crippen LogP contribution < -0.4 is 4.90 Å². The van der Waals surface area contributed by atoms with Gasteiger partial charge in [-0.25, -0.2) is 4.39 Å². The van der Waals surface area contributed by atoms with Gasteiger partial charge < -0.3 is 9.47 Å². The van der Waals surface area contributed by atoms with E-state index in [1.54, 1.807) is 12.1 Å². The molecule has 0 saturated heterocycles. The molecular formula is C51H35FN2. The molecule has 1 spiro atoms. The summed E-state index contributed by atoms with van der Waals surface area (Å²) in [5.41, 5.74) is 16.9. The molecule has 11 rings (SSSR count). The molecule has 1 aromatic heterocycles. The highest BCUT2D eigenvalue weighted by Gasteiger charge is 2.47. The van der Waals surface area contributed by atoms with Gasteiger partial charge in [0.1, 0.15) is 5.82 Å². The second-order valence-electron chi connectivity index (χ2n) is 14.7. The van der Waals surface area contributed by atoms with Crippen LogP contribution in [0.15, 0.2) is 188 Å². The van der Waals surface area contributed by atoms with E-state index in [9.17, 15) is 4.39 Å². The predicted molar refractivity (Wildman–Crippen MR) is 221 cm³/mol. The molecule has 0 unspecified atom stereocenters. The summed E-state index contributed by atoms with van der Waals surface area (Å²) < 4.78 is 16.5. The van der Waals surface area contributed by atoms with E-state index >= 15 is 0 Å². The standard InChI is InChI=1S/C51H35FN2/c52-37-22-24-38(25-23-37)54-49-21-11-8-18-44(49)45-29-27-40(31-50(45)54)53(48-20-10-7-16-41(48)34-12-2-1-3-13-34)39-26-28-43-42-17-6-9-19-46(42)51(47(43)30-39)32-35-14-4-5-15-36(35)33-51/h1-31H,32-33H2. The third kappa shape index (κ3) is 4.58. The lowest BCUT2D eigenvalue weighted by molar-refractivity contribution is 0.563. The normalized spacial score (nSPS) is 13.6. The minimum absolute atomic E-state index is 0.130. The van der Waals surface area contributed by atoms with Gasteiger partial charge in [0.05, 0.1) is 16.7 Å². The number of rotatable bonds is 5. The van der Waals surface area contributed by atoms with Crippen molar-refractivity contribution in [1.82, 2.24) is 4.57 Å². The van der Waals surface area contributed by atoms with Crippen molar-refractivity contribution < 1.29 is 4.39 Å². The number of fused-ring (bicyclic) bond motifs is 9. The largest absolute Gasteiger partial charge is 0.310 e. The summed E-state index contributed by atoms with van der Waals surface area (Å²) in [5.74, 6) is -0.245. The first kappa shape index (κ1) is 30.9. The molecule has 0 N–H and O–H groups in total. The number of benzene rings is 8. The second-order valence-corrected chi connectivity index (χ2v) is 14.7. The van der Waals surface area contributed by atoms with Gasteiger partial charge in [0.2, 0.25) is 0 Å². The van der Waals surface area contributed by atoms with Gasteiger partial charge in [-0.2, -0.15) is 0 Å². The van der Waals surface area contributed by atoms with Gasteiger partial charge in [-0.1, -0.05) is 127 Å². The minimum atomic E-state index is -0.245.